The minimum absolute atomic E-state index is 0.150. The second-order valence-electron chi connectivity index (χ2n) is 7.16. The van der Waals surface area contributed by atoms with E-state index in [1.165, 1.54) is 0 Å². The van der Waals surface area contributed by atoms with Crippen LogP contribution in [0.5, 0.6) is 0 Å². The fraction of sp³-hybridized carbons (Fsp3) is 0.812. The zero-order valence-electron chi connectivity index (χ0n) is 14.0. The number of aliphatic hydroxyl groups is 1. The number of rotatable bonds is 6. The number of anilines is 1. The molecule has 0 bridgehead atoms. The monoisotopic (exact) mass is 311 g/mol. The van der Waals surface area contributed by atoms with Crippen molar-refractivity contribution in [3.63, 3.8) is 0 Å². The van der Waals surface area contributed by atoms with Crippen molar-refractivity contribution in [3.05, 3.63) is 10.6 Å². The maximum Gasteiger partial charge on any atom is 0.185 e. The fourth-order valence-corrected chi connectivity index (χ4v) is 4.03. The Kier molecular flexibility index (Phi) is 5.28. The number of aliphatic hydroxyl groups excluding tert-OH is 1. The fourth-order valence-electron chi connectivity index (χ4n) is 2.91. The minimum Gasteiger partial charge on any atom is -0.387 e. The molecule has 1 aromatic rings. The number of nitrogens with zero attached hydrogens (tertiary/aromatic N) is 3. The zero-order chi connectivity index (χ0) is 15.6. The Bertz CT molecular complexity index is 470. The van der Waals surface area contributed by atoms with E-state index in [2.05, 4.69) is 44.7 Å². The van der Waals surface area contributed by atoms with E-state index < -0.39 is 0 Å². The molecule has 120 valence electrons. The topological polar surface area (TPSA) is 39.6 Å². The molecule has 1 aliphatic carbocycles. The molecule has 2 rings (SSSR count). The number of hydrogen-bond acceptors (Lipinski definition) is 5. The lowest BCUT2D eigenvalue weighted by atomic mass is 9.77. The van der Waals surface area contributed by atoms with Crippen molar-refractivity contribution in [2.75, 3.05) is 38.6 Å². The Morgan fingerprint density at radius 2 is 2.00 bits per heavy atom. The third kappa shape index (κ3) is 4.18. The Morgan fingerprint density at radius 3 is 2.62 bits per heavy atom. The minimum atomic E-state index is -0.340. The summed E-state index contributed by atoms with van der Waals surface area (Å²) in [5, 5.41) is 11.5. The van der Waals surface area contributed by atoms with Gasteiger partial charge >= 0.3 is 0 Å². The summed E-state index contributed by atoms with van der Waals surface area (Å²) in [5.74, 6) is 0. The molecule has 0 aliphatic heterocycles. The first-order valence-electron chi connectivity index (χ1n) is 7.90. The van der Waals surface area contributed by atoms with Crippen LogP contribution in [-0.2, 0) is 6.42 Å². The average Bonchev–Trinajstić information content (AvgIpc) is 2.76. The van der Waals surface area contributed by atoms with E-state index >= 15 is 0 Å². The molecule has 0 amide bonds. The van der Waals surface area contributed by atoms with Crippen LogP contribution < -0.4 is 4.90 Å². The summed E-state index contributed by atoms with van der Waals surface area (Å²) < 4.78 is 0. The summed E-state index contributed by atoms with van der Waals surface area (Å²) in [6, 6.07) is 0. The van der Waals surface area contributed by atoms with Crippen LogP contribution in [-0.4, -0.2) is 48.7 Å². The van der Waals surface area contributed by atoms with Gasteiger partial charge in [0.2, 0.25) is 0 Å². The van der Waals surface area contributed by atoms with E-state index in [4.69, 9.17) is 4.98 Å². The smallest absolute Gasteiger partial charge is 0.185 e. The van der Waals surface area contributed by atoms with Gasteiger partial charge in [0.25, 0.3) is 0 Å². The van der Waals surface area contributed by atoms with Crippen LogP contribution >= 0.6 is 11.3 Å². The average molecular weight is 311 g/mol. The molecule has 1 heterocycles. The van der Waals surface area contributed by atoms with Gasteiger partial charge in [-0.15, -0.1) is 0 Å². The molecule has 4 nitrogen and oxygen atoms in total. The van der Waals surface area contributed by atoms with Crippen molar-refractivity contribution in [1.82, 2.24) is 9.88 Å². The first-order chi connectivity index (χ1) is 9.82. The SMILES string of the molecule is CCCN(CCN(C)C)c1nc2c(s1)C(O)CC(C)(C)C2. The van der Waals surface area contributed by atoms with Gasteiger partial charge in [0.05, 0.1) is 16.7 Å². The molecule has 1 atom stereocenters. The molecule has 21 heavy (non-hydrogen) atoms. The Morgan fingerprint density at radius 1 is 1.29 bits per heavy atom. The summed E-state index contributed by atoms with van der Waals surface area (Å²) in [6.45, 7) is 9.68. The van der Waals surface area contributed by atoms with E-state index in [1.54, 1.807) is 11.3 Å². The Balaban J connectivity index is 2.19. The third-order valence-electron chi connectivity index (χ3n) is 3.99. The Labute approximate surface area is 132 Å². The predicted octanol–water partition coefficient (Wildman–Crippen LogP) is 2.93. The van der Waals surface area contributed by atoms with Gasteiger partial charge < -0.3 is 14.9 Å². The van der Waals surface area contributed by atoms with Gasteiger partial charge in [-0.1, -0.05) is 32.1 Å². The second-order valence-corrected chi connectivity index (χ2v) is 8.17. The highest BCUT2D eigenvalue weighted by Crippen LogP contribution is 2.44. The van der Waals surface area contributed by atoms with Gasteiger partial charge in [-0.3, -0.25) is 0 Å². The highest BCUT2D eigenvalue weighted by atomic mass is 32.1. The van der Waals surface area contributed by atoms with Crippen LogP contribution in [0, 0.1) is 5.41 Å². The van der Waals surface area contributed by atoms with Crippen molar-refractivity contribution in [2.45, 2.75) is 46.1 Å². The molecule has 0 spiro atoms. The summed E-state index contributed by atoms with van der Waals surface area (Å²) in [6.07, 6.45) is 2.59. The van der Waals surface area contributed by atoms with Crippen molar-refractivity contribution in [2.24, 2.45) is 5.41 Å². The number of hydrogen-bond donors (Lipinski definition) is 1. The number of fused-ring (bicyclic) bond motifs is 1. The molecule has 1 aliphatic rings. The molecule has 1 unspecified atom stereocenters. The molecule has 0 radical (unpaired) electrons. The second kappa shape index (κ2) is 6.63. The van der Waals surface area contributed by atoms with Gasteiger partial charge in [0.15, 0.2) is 5.13 Å². The van der Waals surface area contributed by atoms with Gasteiger partial charge in [-0.25, -0.2) is 4.98 Å². The van der Waals surface area contributed by atoms with E-state index in [1.807, 2.05) is 0 Å². The van der Waals surface area contributed by atoms with E-state index in [9.17, 15) is 5.11 Å². The quantitative estimate of drug-likeness (QED) is 0.877. The van der Waals surface area contributed by atoms with Crippen molar-refractivity contribution in [3.8, 4) is 0 Å². The van der Waals surface area contributed by atoms with Gasteiger partial charge in [0.1, 0.15) is 0 Å². The van der Waals surface area contributed by atoms with Crippen LogP contribution in [0.25, 0.3) is 0 Å². The van der Waals surface area contributed by atoms with E-state index in [0.717, 1.165) is 54.6 Å². The molecule has 0 fully saturated rings. The van der Waals surface area contributed by atoms with E-state index in [-0.39, 0.29) is 11.5 Å². The number of thiazole rings is 1. The van der Waals surface area contributed by atoms with E-state index in [0.29, 0.717) is 0 Å². The molecular weight excluding hydrogens is 282 g/mol. The Hall–Kier alpha value is -0.650. The van der Waals surface area contributed by atoms with Gasteiger partial charge in [-0.05, 0) is 38.8 Å². The number of aromatic nitrogens is 1. The van der Waals surface area contributed by atoms with Crippen LogP contribution in [0.4, 0.5) is 5.13 Å². The molecule has 1 N–H and O–H groups in total. The molecule has 0 saturated carbocycles. The number of likely N-dealkylation sites (N-methyl/N-ethyl adjacent to an activating group) is 1. The summed E-state index contributed by atoms with van der Waals surface area (Å²) in [5.41, 5.74) is 1.27. The normalized spacial score (nSPS) is 20.6. The molecule has 1 aromatic heterocycles. The maximum atomic E-state index is 10.4. The molecule has 0 saturated heterocycles. The standard InChI is InChI=1S/C16H29N3OS/c1-6-7-19(9-8-18(4)5)15-17-12-10-16(2,3)11-13(20)14(12)21-15/h13,20H,6-11H2,1-5H3. The maximum absolute atomic E-state index is 10.4. The first-order valence-corrected chi connectivity index (χ1v) is 8.71. The molecule has 5 heteroatoms. The lowest BCUT2D eigenvalue weighted by Gasteiger charge is -2.31. The first kappa shape index (κ1) is 16.7. The van der Waals surface area contributed by atoms with Crippen LogP contribution in [0.15, 0.2) is 0 Å². The summed E-state index contributed by atoms with van der Waals surface area (Å²) in [4.78, 5) is 10.5. The highest BCUT2D eigenvalue weighted by molar-refractivity contribution is 7.15. The zero-order valence-corrected chi connectivity index (χ0v) is 14.8. The predicted molar refractivity (Wildman–Crippen MR) is 90.2 cm³/mol. The third-order valence-corrected chi connectivity index (χ3v) is 5.25. The lowest BCUT2D eigenvalue weighted by molar-refractivity contribution is 0.102. The highest BCUT2D eigenvalue weighted by Gasteiger charge is 2.34. The molecular formula is C16H29N3OS. The van der Waals surface area contributed by atoms with Gasteiger partial charge in [0, 0.05) is 19.6 Å². The van der Waals surface area contributed by atoms with Crippen molar-refractivity contribution < 1.29 is 5.11 Å². The summed E-state index contributed by atoms with van der Waals surface area (Å²) >= 11 is 1.69. The summed E-state index contributed by atoms with van der Waals surface area (Å²) in [7, 11) is 4.20. The molecule has 0 aromatic carbocycles. The van der Waals surface area contributed by atoms with Gasteiger partial charge in [-0.2, -0.15) is 0 Å². The largest absolute Gasteiger partial charge is 0.387 e. The van der Waals surface area contributed by atoms with Crippen molar-refractivity contribution >= 4 is 16.5 Å². The van der Waals surface area contributed by atoms with Crippen LogP contribution in [0.2, 0.25) is 0 Å². The van der Waals surface area contributed by atoms with Crippen LogP contribution in [0.1, 0.15) is 50.3 Å². The van der Waals surface area contributed by atoms with Crippen LogP contribution in [0.3, 0.4) is 0 Å². The van der Waals surface area contributed by atoms with Crippen molar-refractivity contribution in [1.29, 1.82) is 0 Å². The lowest BCUT2D eigenvalue weighted by Crippen LogP contribution is -2.32.